The highest BCUT2D eigenvalue weighted by Crippen LogP contribution is 2.24. The van der Waals surface area contributed by atoms with E-state index in [1.54, 1.807) is 12.1 Å². The number of oxime groups is 1. The molecule has 0 atom stereocenters. The minimum Gasteiger partial charge on any atom is -0.260 e. The molecule has 0 aliphatic heterocycles. The summed E-state index contributed by atoms with van der Waals surface area (Å²) in [5.41, 5.74) is -5.07. The van der Waals surface area contributed by atoms with E-state index in [1.807, 2.05) is 6.92 Å². The Kier molecular flexibility index (Phi) is 4.73. The molecule has 0 saturated carbocycles. The van der Waals surface area contributed by atoms with Gasteiger partial charge in [0.1, 0.15) is 6.07 Å². The van der Waals surface area contributed by atoms with Gasteiger partial charge in [-0.25, -0.2) is 0 Å². The summed E-state index contributed by atoms with van der Waals surface area (Å²) in [6.45, 7) is 1.90. The predicted molar refractivity (Wildman–Crippen MR) is 64.0 cm³/mol. The van der Waals surface area contributed by atoms with Crippen LogP contribution < -0.4 is 0 Å². The number of benzene rings is 1. The number of nitrogens with zero attached hydrogens (tertiary/aromatic N) is 2. The summed E-state index contributed by atoms with van der Waals surface area (Å²) in [6, 6.07) is 7.62. The highest BCUT2D eigenvalue weighted by atomic mass is 32.2. The molecule has 0 aliphatic rings. The lowest BCUT2D eigenvalue weighted by atomic mass is 10.1. The number of nitriles is 1. The van der Waals surface area contributed by atoms with Gasteiger partial charge in [-0.05, 0) is 12.0 Å². The average Bonchev–Trinajstić information content (AvgIpc) is 2.38. The monoisotopic (exact) mass is 306 g/mol. The predicted octanol–water partition coefficient (Wildman–Crippen LogP) is 2.34. The van der Waals surface area contributed by atoms with Crippen molar-refractivity contribution in [3.63, 3.8) is 0 Å². The van der Waals surface area contributed by atoms with Crippen molar-refractivity contribution in [3.8, 4) is 6.07 Å². The molecule has 0 heterocycles. The van der Waals surface area contributed by atoms with Crippen molar-refractivity contribution in [3.05, 3.63) is 35.4 Å². The van der Waals surface area contributed by atoms with Crippen molar-refractivity contribution in [1.29, 1.82) is 5.26 Å². The van der Waals surface area contributed by atoms with Crippen LogP contribution >= 0.6 is 0 Å². The molecule has 0 bridgehead atoms. The molecule has 0 fully saturated rings. The molecule has 1 aromatic rings. The van der Waals surface area contributed by atoms with Gasteiger partial charge in [-0.2, -0.15) is 26.9 Å². The maximum absolute atomic E-state index is 12.0. The van der Waals surface area contributed by atoms with Crippen LogP contribution in [0.2, 0.25) is 0 Å². The lowest BCUT2D eigenvalue weighted by Gasteiger charge is -2.05. The van der Waals surface area contributed by atoms with Gasteiger partial charge < -0.3 is 0 Å². The second-order valence-electron chi connectivity index (χ2n) is 3.58. The van der Waals surface area contributed by atoms with Crippen LogP contribution in [0.4, 0.5) is 13.2 Å². The second kappa shape index (κ2) is 5.92. The molecule has 9 heteroatoms. The standard InChI is InChI=1S/C11H9F3N2O3S/c1-2-8-3-5-9(6-4-8)10(7-15)16-19-20(17,18)11(12,13)14/h3-6H,2H2,1H3/b16-10+. The number of rotatable bonds is 4. The van der Waals surface area contributed by atoms with Gasteiger partial charge in [0.15, 0.2) is 5.71 Å². The third kappa shape index (κ3) is 3.71. The summed E-state index contributed by atoms with van der Waals surface area (Å²) < 4.78 is 60.8. The van der Waals surface area contributed by atoms with Crippen LogP contribution in [-0.2, 0) is 20.8 Å². The third-order valence-corrected chi connectivity index (χ3v) is 3.09. The quantitative estimate of drug-likeness (QED) is 0.486. The fourth-order valence-electron chi connectivity index (χ4n) is 1.16. The minimum absolute atomic E-state index is 0.155. The first-order chi connectivity index (χ1) is 9.21. The number of hydrogen-bond acceptors (Lipinski definition) is 5. The highest BCUT2D eigenvalue weighted by Gasteiger charge is 2.49. The smallest absolute Gasteiger partial charge is 0.260 e. The van der Waals surface area contributed by atoms with Crippen LogP contribution in [0.1, 0.15) is 18.1 Å². The van der Waals surface area contributed by atoms with Crippen LogP contribution in [0, 0.1) is 11.3 Å². The van der Waals surface area contributed by atoms with Crippen LogP contribution in [0.3, 0.4) is 0 Å². The molecular weight excluding hydrogens is 297 g/mol. The Morgan fingerprint density at radius 1 is 1.35 bits per heavy atom. The van der Waals surface area contributed by atoms with E-state index < -0.39 is 21.3 Å². The summed E-state index contributed by atoms with van der Waals surface area (Å²) in [6.07, 6.45) is 0.734. The van der Waals surface area contributed by atoms with Crippen LogP contribution in [0.15, 0.2) is 29.4 Å². The highest BCUT2D eigenvalue weighted by molar-refractivity contribution is 7.87. The van der Waals surface area contributed by atoms with Gasteiger partial charge in [0.05, 0.1) is 0 Å². The van der Waals surface area contributed by atoms with E-state index in [9.17, 15) is 21.6 Å². The lowest BCUT2D eigenvalue weighted by molar-refractivity contribution is -0.0540. The van der Waals surface area contributed by atoms with Crippen molar-refractivity contribution >= 4 is 15.8 Å². The molecule has 0 N–H and O–H groups in total. The summed E-state index contributed by atoms with van der Waals surface area (Å²) in [4.78, 5) is 0. The van der Waals surface area contributed by atoms with Crippen molar-refractivity contribution < 1.29 is 25.9 Å². The maximum atomic E-state index is 12.0. The Bertz CT molecular complexity index is 643. The summed E-state index contributed by atoms with van der Waals surface area (Å²) in [7, 11) is -5.86. The molecule has 1 aromatic carbocycles. The number of hydrogen-bond donors (Lipinski definition) is 0. The van der Waals surface area contributed by atoms with E-state index in [0.29, 0.717) is 0 Å². The molecule has 20 heavy (non-hydrogen) atoms. The molecule has 0 aliphatic carbocycles. The summed E-state index contributed by atoms with van der Waals surface area (Å²) >= 11 is 0. The van der Waals surface area contributed by atoms with E-state index in [1.165, 1.54) is 18.2 Å². The van der Waals surface area contributed by atoms with Crippen molar-refractivity contribution in [2.24, 2.45) is 5.16 Å². The molecular formula is C11H9F3N2O3S. The Morgan fingerprint density at radius 3 is 2.30 bits per heavy atom. The zero-order chi connectivity index (χ0) is 15.4. The fraction of sp³-hybridized carbons (Fsp3) is 0.273. The van der Waals surface area contributed by atoms with Crippen LogP contribution in [-0.4, -0.2) is 19.6 Å². The van der Waals surface area contributed by atoms with Gasteiger partial charge in [0.25, 0.3) is 0 Å². The number of aryl methyl sites for hydroxylation is 1. The number of alkyl halides is 3. The third-order valence-electron chi connectivity index (χ3n) is 2.25. The fourth-order valence-corrected chi connectivity index (χ4v) is 1.42. The molecule has 0 amide bonds. The van der Waals surface area contributed by atoms with Crippen molar-refractivity contribution in [2.45, 2.75) is 18.9 Å². The zero-order valence-corrected chi connectivity index (χ0v) is 11.0. The first-order valence-electron chi connectivity index (χ1n) is 5.28. The Labute approximate surface area is 113 Å². The van der Waals surface area contributed by atoms with E-state index in [2.05, 4.69) is 9.44 Å². The van der Waals surface area contributed by atoms with Gasteiger partial charge in [-0.3, -0.25) is 4.28 Å². The topological polar surface area (TPSA) is 79.5 Å². The van der Waals surface area contributed by atoms with Crippen LogP contribution in [0.25, 0.3) is 0 Å². The first-order valence-corrected chi connectivity index (χ1v) is 6.69. The van der Waals surface area contributed by atoms with Crippen molar-refractivity contribution in [1.82, 2.24) is 0 Å². The van der Waals surface area contributed by atoms with Gasteiger partial charge in [0, 0.05) is 5.56 Å². The van der Waals surface area contributed by atoms with E-state index >= 15 is 0 Å². The Morgan fingerprint density at radius 2 is 1.90 bits per heavy atom. The summed E-state index contributed by atoms with van der Waals surface area (Å²) in [5, 5.41) is 11.5. The normalized spacial score (nSPS) is 12.8. The van der Waals surface area contributed by atoms with E-state index in [4.69, 9.17) is 5.26 Å². The van der Waals surface area contributed by atoms with Gasteiger partial charge in [-0.15, -0.1) is 0 Å². The van der Waals surface area contributed by atoms with Gasteiger partial charge in [-0.1, -0.05) is 36.3 Å². The maximum Gasteiger partial charge on any atom is 0.536 e. The largest absolute Gasteiger partial charge is 0.536 e. The van der Waals surface area contributed by atoms with E-state index in [0.717, 1.165) is 12.0 Å². The Hall–Kier alpha value is -2.08. The Balaban J connectivity index is 3.02. The summed E-state index contributed by atoms with van der Waals surface area (Å²) in [5.74, 6) is 0. The SMILES string of the molecule is CCc1ccc(/C(C#N)=N/OS(=O)(=O)C(F)(F)F)cc1. The molecule has 0 spiro atoms. The average molecular weight is 306 g/mol. The molecule has 0 saturated heterocycles. The second-order valence-corrected chi connectivity index (χ2v) is 5.10. The number of halogens is 3. The lowest BCUT2D eigenvalue weighted by Crippen LogP contribution is -2.24. The molecule has 5 nitrogen and oxygen atoms in total. The van der Waals surface area contributed by atoms with Gasteiger partial charge >= 0.3 is 15.6 Å². The van der Waals surface area contributed by atoms with Crippen molar-refractivity contribution in [2.75, 3.05) is 0 Å². The van der Waals surface area contributed by atoms with Gasteiger partial charge in [0.2, 0.25) is 0 Å². The van der Waals surface area contributed by atoms with E-state index in [-0.39, 0.29) is 5.56 Å². The minimum atomic E-state index is -5.86. The molecule has 1 rings (SSSR count). The van der Waals surface area contributed by atoms with Crippen LogP contribution in [0.5, 0.6) is 0 Å². The molecule has 0 aromatic heterocycles. The zero-order valence-electron chi connectivity index (χ0n) is 10.2. The molecule has 108 valence electrons. The first kappa shape index (κ1) is 16.0. The molecule has 0 unspecified atom stereocenters. The molecule has 0 radical (unpaired) electrons.